The molecule has 126 valence electrons. The van der Waals surface area contributed by atoms with E-state index in [4.69, 9.17) is 16.3 Å². The quantitative estimate of drug-likeness (QED) is 0.490. The molecule has 0 unspecified atom stereocenters. The molecule has 0 heterocycles. The zero-order chi connectivity index (χ0) is 17.7. The van der Waals surface area contributed by atoms with Crippen molar-refractivity contribution in [3.05, 3.63) is 68.2 Å². The molecule has 6 nitrogen and oxygen atoms in total. The summed E-state index contributed by atoms with van der Waals surface area (Å²) < 4.78 is 5.65. The third-order valence-electron chi connectivity index (χ3n) is 3.61. The van der Waals surface area contributed by atoms with Crippen LogP contribution < -0.4 is 10.1 Å². The van der Waals surface area contributed by atoms with Gasteiger partial charge in [-0.2, -0.15) is 0 Å². The fourth-order valence-electron chi connectivity index (χ4n) is 2.10. The van der Waals surface area contributed by atoms with E-state index in [9.17, 15) is 14.9 Å². The molecule has 0 bridgehead atoms. The molecule has 24 heavy (non-hydrogen) atoms. The summed E-state index contributed by atoms with van der Waals surface area (Å²) in [4.78, 5) is 22.2. The van der Waals surface area contributed by atoms with Crippen LogP contribution in [0.15, 0.2) is 36.4 Å². The summed E-state index contributed by atoms with van der Waals surface area (Å²) in [7, 11) is 0. The number of ether oxygens (including phenoxy) is 1. The summed E-state index contributed by atoms with van der Waals surface area (Å²) in [6, 6.07) is 9.52. The van der Waals surface area contributed by atoms with Crippen LogP contribution >= 0.6 is 11.6 Å². The number of nitrogens with one attached hydrogen (secondary N) is 1. The number of benzene rings is 2. The molecule has 1 amide bonds. The van der Waals surface area contributed by atoms with E-state index >= 15 is 0 Å². The van der Waals surface area contributed by atoms with Crippen LogP contribution in [-0.2, 0) is 0 Å². The topological polar surface area (TPSA) is 81.5 Å². The molecule has 0 aromatic heterocycles. The first kappa shape index (κ1) is 17.7. The largest absolute Gasteiger partial charge is 0.491 e. The van der Waals surface area contributed by atoms with Crippen molar-refractivity contribution in [2.24, 2.45) is 0 Å². The molecule has 2 aromatic carbocycles. The number of nitro benzene ring substituents is 1. The van der Waals surface area contributed by atoms with Gasteiger partial charge in [0.25, 0.3) is 11.6 Å². The van der Waals surface area contributed by atoms with E-state index in [1.54, 1.807) is 0 Å². The average molecular weight is 349 g/mol. The van der Waals surface area contributed by atoms with E-state index in [-0.39, 0.29) is 16.3 Å². The van der Waals surface area contributed by atoms with Crippen molar-refractivity contribution < 1.29 is 14.5 Å². The highest BCUT2D eigenvalue weighted by Gasteiger charge is 2.14. The van der Waals surface area contributed by atoms with Crippen LogP contribution in [0.2, 0.25) is 5.02 Å². The van der Waals surface area contributed by atoms with Crippen molar-refractivity contribution in [3.63, 3.8) is 0 Å². The molecule has 7 heteroatoms. The zero-order valence-corrected chi connectivity index (χ0v) is 14.1. The van der Waals surface area contributed by atoms with Gasteiger partial charge in [-0.1, -0.05) is 23.7 Å². The van der Waals surface area contributed by atoms with E-state index < -0.39 is 10.8 Å². The number of halogens is 1. The third kappa shape index (κ3) is 4.23. The highest BCUT2D eigenvalue weighted by Crippen LogP contribution is 2.22. The summed E-state index contributed by atoms with van der Waals surface area (Å²) >= 11 is 5.92. The Morgan fingerprint density at radius 1 is 1.29 bits per heavy atom. The van der Waals surface area contributed by atoms with E-state index in [2.05, 4.69) is 5.32 Å². The minimum absolute atomic E-state index is 0.0390. The van der Waals surface area contributed by atoms with Gasteiger partial charge in [-0.3, -0.25) is 14.9 Å². The highest BCUT2D eigenvalue weighted by atomic mass is 35.5. The predicted molar refractivity (Wildman–Crippen MR) is 91.9 cm³/mol. The molecular formula is C17H17ClN2O4. The normalized spacial score (nSPS) is 10.3. The van der Waals surface area contributed by atoms with Crippen LogP contribution in [0.3, 0.4) is 0 Å². The molecule has 0 aliphatic carbocycles. The van der Waals surface area contributed by atoms with Crippen molar-refractivity contribution in [3.8, 4) is 5.75 Å². The Morgan fingerprint density at radius 2 is 2.04 bits per heavy atom. The smallest absolute Gasteiger partial charge is 0.270 e. The molecule has 0 spiro atoms. The lowest BCUT2D eigenvalue weighted by atomic mass is 10.1. The molecule has 0 saturated heterocycles. The lowest BCUT2D eigenvalue weighted by molar-refractivity contribution is -0.384. The summed E-state index contributed by atoms with van der Waals surface area (Å²) in [6.07, 6.45) is 0. The van der Waals surface area contributed by atoms with Crippen molar-refractivity contribution >= 4 is 23.2 Å². The third-order valence-corrected chi connectivity index (χ3v) is 3.92. The summed E-state index contributed by atoms with van der Waals surface area (Å²) in [6.45, 7) is 4.57. The summed E-state index contributed by atoms with van der Waals surface area (Å²) in [5, 5.41) is 13.4. The van der Waals surface area contributed by atoms with Crippen molar-refractivity contribution in [1.29, 1.82) is 0 Å². The molecule has 0 atom stereocenters. The van der Waals surface area contributed by atoms with Crippen molar-refractivity contribution in [1.82, 2.24) is 5.32 Å². The first-order valence-corrected chi connectivity index (χ1v) is 7.69. The van der Waals surface area contributed by atoms with Crippen LogP contribution in [0.5, 0.6) is 5.75 Å². The fourth-order valence-corrected chi connectivity index (χ4v) is 2.36. The van der Waals surface area contributed by atoms with Crippen LogP contribution in [0.25, 0.3) is 0 Å². The van der Waals surface area contributed by atoms with Crippen LogP contribution in [0, 0.1) is 24.0 Å². The second kappa shape index (κ2) is 7.79. The summed E-state index contributed by atoms with van der Waals surface area (Å²) in [5.41, 5.74) is 2.22. The molecule has 2 rings (SSSR count). The molecule has 2 aromatic rings. The SMILES string of the molecule is Cc1cccc(OCCNC(=O)c2ccc([N+](=O)[O-])cc2Cl)c1C. The first-order chi connectivity index (χ1) is 11.4. The van der Waals surface area contributed by atoms with Gasteiger partial charge >= 0.3 is 0 Å². The standard InChI is InChI=1S/C17H17ClN2O4/c1-11-4-3-5-16(12(11)2)24-9-8-19-17(21)14-7-6-13(20(22)23)10-15(14)18/h3-7,10H,8-9H2,1-2H3,(H,19,21). The minimum atomic E-state index is -0.564. The number of aryl methyl sites for hydroxylation is 1. The maximum Gasteiger partial charge on any atom is 0.270 e. The van der Waals surface area contributed by atoms with Gasteiger partial charge < -0.3 is 10.1 Å². The number of non-ortho nitro benzene ring substituents is 1. The molecule has 0 fully saturated rings. The van der Waals surface area contributed by atoms with Gasteiger partial charge in [-0.15, -0.1) is 0 Å². The van der Waals surface area contributed by atoms with E-state index in [0.717, 1.165) is 22.9 Å². The number of nitrogens with zero attached hydrogens (tertiary/aromatic N) is 1. The number of rotatable bonds is 6. The highest BCUT2D eigenvalue weighted by molar-refractivity contribution is 6.34. The van der Waals surface area contributed by atoms with Gasteiger partial charge in [0.15, 0.2) is 0 Å². The molecule has 0 aliphatic heterocycles. The molecule has 0 saturated carbocycles. The van der Waals surface area contributed by atoms with E-state index in [0.29, 0.717) is 13.2 Å². The Kier molecular flexibility index (Phi) is 5.76. The first-order valence-electron chi connectivity index (χ1n) is 7.31. The molecule has 0 radical (unpaired) electrons. The molecule has 1 N–H and O–H groups in total. The van der Waals surface area contributed by atoms with Gasteiger partial charge in [0.1, 0.15) is 12.4 Å². The van der Waals surface area contributed by atoms with Gasteiger partial charge in [-0.25, -0.2) is 0 Å². The van der Waals surface area contributed by atoms with Crippen LogP contribution in [-0.4, -0.2) is 24.0 Å². The summed E-state index contributed by atoms with van der Waals surface area (Å²) in [5.74, 6) is 0.372. The Labute approximate surface area is 144 Å². The number of hydrogen-bond donors (Lipinski definition) is 1. The van der Waals surface area contributed by atoms with Gasteiger partial charge in [0.2, 0.25) is 0 Å². The number of hydrogen-bond acceptors (Lipinski definition) is 4. The Morgan fingerprint density at radius 3 is 2.71 bits per heavy atom. The number of nitro groups is 1. The maximum absolute atomic E-state index is 12.1. The van der Waals surface area contributed by atoms with E-state index in [1.807, 2.05) is 32.0 Å². The monoisotopic (exact) mass is 348 g/mol. The molecule has 0 aliphatic rings. The lowest BCUT2D eigenvalue weighted by Crippen LogP contribution is -2.28. The fraction of sp³-hybridized carbons (Fsp3) is 0.235. The Balaban J connectivity index is 1.89. The Hall–Kier alpha value is -2.60. The van der Waals surface area contributed by atoms with Gasteiger partial charge in [0, 0.05) is 12.1 Å². The zero-order valence-electron chi connectivity index (χ0n) is 13.3. The van der Waals surface area contributed by atoms with Crippen LogP contribution in [0.1, 0.15) is 21.5 Å². The number of amides is 1. The second-order valence-corrected chi connectivity index (χ2v) is 5.63. The van der Waals surface area contributed by atoms with Gasteiger partial charge in [0.05, 0.1) is 22.1 Å². The maximum atomic E-state index is 12.1. The average Bonchev–Trinajstić information content (AvgIpc) is 2.54. The number of carbonyl (C=O) groups is 1. The second-order valence-electron chi connectivity index (χ2n) is 5.22. The van der Waals surface area contributed by atoms with Crippen molar-refractivity contribution in [2.75, 3.05) is 13.2 Å². The van der Waals surface area contributed by atoms with Gasteiger partial charge in [-0.05, 0) is 37.1 Å². The minimum Gasteiger partial charge on any atom is -0.491 e. The Bertz CT molecular complexity index is 777. The molecular weight excluding hydrogens is 332 g/mol. The van der Waals surface area contributed by atoms with E-state index in [1.165, 1.54) is 12.1 Å². The van der Waals surface area contributed by atoms with Crippen LogP contribution in [0.4, 0.5) is 5.69 Å². The number of carbonyl (C=O) groups excluding carboxylic acids is 1. The predicted octanol–water partition coefficient (Wildman–Crippen LogP) is 3.67. The lowest BCUT2D eigenvalue weighted by Gasteiger charge is -2.11. The van der Waals surface area contributed by atoms with Crippen molar-refractivity contribution in [2.45, 2.75) is 13.8 Å².